The van der Waals surface area contributed by atoms with Crippen LogP contribution in [0.5, 0.6) is 0 Å². The van der Waals surface area contributed by atoms with Crippen LogP contribution >= 0.6 is 11.6 Å². The number of benzene rings is 4. The Hall–Kier alpha value is -4.88. The van der Waals surface area contributed by atoms with Crippen LogP contribution < -0.4 is 16.1 Å². The summed E-state index contributed by atoms with van der Waals surface area (Å²) < 4.78 is 72.4. The predicted octanol–water partition coefficient (Wildman–Crippen LogP) is 6.47. The van der Waals surface area contributed by atoms with E-state index in [1.165, 1.54) is 34.9 Å². The molecule has 0 aliphatic rings. The van der Waals surface area contributed by atoms with Crippen molar-refractivity contribution < 1.29 is 26.4 Å². The van der Waals surface area contributed by atoms with Gasteiger partial charge < -0.3 is 5.73 Å². The van der Waals surface area contributed by atoms with Crippen molar-refractivity contribution in [1.82, 2.24) is 19.1 Å². The number of hydrogen-bond donors (Lipinski definition) is 2. The Labute approximate surface area is 273 Å². The second-order valence-corrected chi connectivity index (χ2v) is 12.7. The van der Waals surface area contributed by atoms with Crippen LogP contribution in [0.4, 0.5) is 18.9 Å². The molecule has 1 heterocycles. The first-order valence-corrected chi connectivity index (χ1v) is 16.3. The monoisotopic (exact) mass is 683 g/mol. The molecule has 1 aromatic heterocycles. The number of halogens is 4. The summed E-state index contributed by atoms with van der Waals surface area (Å²) in [7, 11) is -4.33. The van der Waals surface area contributed by atoms with E-state index in [1.807, 2.05) is 6.92 Å². The maximum atomic E-state index is 13.9. The number of aromatic nitrogens is 3. The second kappa shape index (κ2) is 13.5. The number of hydrogen-bond acceptors (Lipinski definition) is 6. The Morgan fingerprint density at radius 3 is 2.34 bits per heavy atom. The third kappa shape index (κ3) is 7.26. The molecule has 3 N–H and O–H groups in total. The smallest absolute Gasteiger partial charge is 0.399 e. The van der Waals surface area contributed by atoms with Gasteiger partial charge in [0, 0.05) is 17.7 Å². The zero-order chi connectivity index (χ0) is 33.9. The minimum absolute atomic E-state index is 0.00229. The first-order chi connectivity index (χ1) is 22.3. The summed E-state index contributed by atoms with van der Waals surface area (Å²) in [6, 6.07) is 22.0. The van der Waals surface area contributed by atoms with Crippen molar-refractivity contribution in [3.05, 3.63) is 129 Å². The van der Waals surface area contributed by atoms with E-state index in [4.69, 9.17) is 17.3 Å². The topological polar surface area (TPSA) is 129 Å². The van der Waals surface area contributed by atoms with Gasteiger partial charge in [0.25, 0.3) is 15.9 Å². The quantitative estimate of drug-likeness (QED) is 0.163. The molecule has 0 fully saturated rings. The van der Waals surface area contributed by atoms with Gasteiger partial charge >= 0.3 is 11.9 Å². The van der Waals surface area contributed by atoms with Gasteiger partial charge in [0.2, 0.25) is 0 Å². The van der Waals surface area contributed by atoms with Crippen molar-refractivity contribution in [1.29, 1.82) is 0 Å². The van der Waals surface area contributed by atoms with Gasteiger partial charge in [-0.25, -0.2) is 17.9 Å². The molecule has 47 heavy (non-hydrogen) atoms. The summed E-state index contributed by atoms with van der Waals surface area (Å²) in [5, 5.41) is 4.39. The van der Waals surface area contributed by atoms with Gasteiger partial charge in [-0.15, -0.1) is 5.10 Å². The average molecular weight is 684 g/mol. The van der Waals surface area contributed by atoms with E-state index < -0.39 is 39.0 Å². The fourth-order valence-electron chi connectivity index (χ4n) is 5.03. The highest BCUT2D eigenvalue weighted by Gasteiger charge is 2.35. The highest BCUT2D eigenvalue weighted by atomic mass is 35.5. The Morgan fingerprint density at radius 2 is 1.66 bits per heavy atom. The number of anilines is 1. The van der Waals surface area contributed by atoms with Crippen LogP contribution in [-0.4, -0.2) is 28.7 Å². The van der Waals surface area contributed by atoms with E-state index in [0.717, 1.165) is 23.2 Å². The van der Waals surface area contributed by atoms with E-state index in [1.54, 1.807) is 48.5 Å². The molecule has 14 heteroatoms. The molecule has 0 aliphatic carbocycles. The second-order valence-electron chi connectivity index (χ2n) is 10.7. The molecule has 244 valence electrons. The number of unbranched alkanes of at least 4 members (excludes halogenated alkanes) is 1. The van der Waals surface area contributed by atoms with E-state index in [0.29, 0.717) is 35.4 Å². The lowest BCUT2D eigenvalue weighted by molar-refractivity contribution is -0.137. The lowest BCUT2D eigenvalue weighted by atomic mass is 10.0. The number of amides is 1. The van der Waals surface area contributed by atoms with E-state index in [2.05, 4.69) is 9.82 Å². The van der Waals surface area contributed by atoms with Crippen LogP contribution in [0.15, 0.2) is 101 Å². The molecule has 1 amide bonds. The van der Waals surface area contributed by atoms with Gasteiger partial charge in [0.1, 0.15) is 5.82 Å². The number of aryl methyl sites for hydroxylation is 1. The van der Waals surface area contributed by atoms with Crippen molar-refractivity contribution in [2.45, 2.75) is 43.8 Å². The number of carbonyl (C=O) groups is 1. The third-order valence-electron chi connectivity index (χ3n) is 7.37. The summed E-state index contributed by atoms with van der Waals surface area (Å²) in [5.74, 6) is -0.566. The standard InChI is InChI=1S/C33H29ClF3N5O4S/c1-2-3-12-30-39-42(28-18-17-23(38)19-26(28)33(35,36)37)32(44)41(30)20-21-13-15-22(16-14-21)24-8-5-7-11-29(24)47(45,46)40-31(43)25-9-4-6-10-27(25)34/h4-11,13-19H,2-3,12,20,38H2,1H3,(H,40,43). The molecule has 0 bridgehead atoms. The molecule has 0 aliphatic heterocycles. The average Bonchev–Trinajstić information content (AvgIpc) is 3.34. The summed E-state index contributed by atoms with van der Waals surface area (Å²) in [5.41, 5.74) is 4.70. The molecule has 5 rings (SSSR count). The third-order valence-corrected chi connectivity index (χ3v) is 9.09. The molecular formula is C33H29ClF3N5O4S. The van der Waals surface area contributed by atoms with Gasteiger partial charge in [-0.2, -0.15) is 17.9 Å². The molecule has 9 nitrogen and oxygen atoms in total. The van der Waals surface area contributed by atoms with Crippen LogP contribution in [0, 0.1) is 0 Å². The van der Waals surface area contributed by atoms with Crippen LogP contribution in [0.3, 0.4) is 0 Å². The number of rotatable bonds is 10. The highest BCUT2D eigenvalue weighted by Crippen LogP contribution is 2.35. The maximum absolute atomic E-state index is 13.9. The SMILES string of the molecule is CCCCc1nn(-c2ccc(N)cc2C(F)(F)F)c(=O)n1Cc1ccc(-c2ccccc2S(=O)(=O)NC(=O)c2ccccc2Cl)cc1. The number of sulfonamides is 1. The Bertz CT molecular complexity index is 2110. The maximum Gasteiger partial charge on any atom is 0.418 e. The van der Waals surface area contributed by atoms with E-state index >= 15 is 0 Å². The summed E-state index contributed by atoms with van der Waals surface area (Å²) >= 11 is 6.07. The van der Waals surface area contributed by atoms with Crippen LogP contribution in [0.1, 0.15) is 47.1 Å². The van der Waals surface area contributed by atoms with E-state index in [9.17, 15) is 31.2 Å². The highest BCUT2D eigenvalue weighted by molar-refractivity contribution is 7.90. The molecule has 0 saturated carbocycles. The molecule has 0 unspecified atom stereocenters. The zero-order valence-electron chi connectivity index (χ0n) is 25.0. The molecule has 0 spiro atoms. The van der Waals surface area contributed by atoms with Crippen molar-refractivity contribution in [3.63, 3.8) is 0 Å². The first-order valence-electron chi connectivity index (χ1n) is 14.5. The molecule has 4 aromatic carbocycles. The molecule has 0 saturated heterocycles. The fourth-order valence-corrected chi connectivity index (χ4v) is 6.45. The zero-order valence-corrected chi connectivity index (χ0v) is 26.5. The van der Waals surface area contributed by atoms with Crippen LogP contribution in [-0.2, 0) is 29.2 Å². The van der Waals surface area contributed by atoms with Crippen LogP contribution in [0.25, 0.3) is 16.8 Å². The van der Waals surface area contributed by atoms with Crippen molar-refractivity contribution in [2.75, 3.05) is 5.73 Å². The number of carbonyl (C=O) groups excluding carboxylic acids is 1. The number of alkyl halides is 3. The van der Waals surface area contributed by atoms with Crippen molar-refractivity contribution in [3.8, 4) is 16.8 Å². The van der Waals surface area contributed by atoms with Gasteiger partial charge in [-0.05, 0) is 53.9 Å². The number of nitrogens with two attached hydrogens (primary N) is 1. The lowest BCUT2D eigenvalue weighted by Gasteiger charge is -2.13. The minimum atomic E-state index is -4.77. The van der Waals surface area contributed by atoms with Crippen molar-refractivity contribution >= 4 is 33.2 Å². The van der Waals surface area contributed by atoms with Gasteiger partial charge in [-0.1, -0.05) is 79.5 Å². The predicted molar refractivity (Wildman–Crippen MR) is 173 cm³/mol. The molecule has 0 atom stereocenters. The number of nitrogens with one attached hydrogen (secondary N) is 1. The van der Waals surface area contributed by atoms with Crippen molar-refractivity contribution in [2.24, 2.45) is 0 Å². The fraction of sp³-hybridized carbons (Fsp3) is 0.182. The minimum Gasteiger partial charge on any atom is -0.399 e. The summed E-state index contributed by atoms with van der Waals surface area (Å²) in [6.45, 7) is 1.95. The Balaban J connectivity index is 1.46. The van der Waals surface area contributed by atoms with Gasteiger partial charge in [-0.3, -0.25) is 9.36 Å². The number of nitrogens with zero attached hydrogens (tertiary/aromatic N) is 3. The van der Waals surface area contributed by atoms with Gasteiger partial charge in [0.15, 0.2) is 0 Å². The molecule has 5 aromatic rings. The molecule has 0 radical (unpaired) electrons. The largest absolute Gasteiger partial charge is 0.418 e. The van der Waals surface area contributed by atoms with Crippen LogP contribution in [0.2, 0.25) is 5.02 Å². The summed E-state index contributed by atoms with van der Waals surface area (Å²) in [6.07, 6.45) is -2.99. The Morgan fingerprint density at radius 1 is 0.979 bits per heavy atom. The molecular weight excluding hydrogens is 655 g/mol. The number of nitrogen functional groups attached to an aromatic ring is 1. The summed E-state index contributed by atoms with van der Waals surface area (Å²) in [4.78, 5) is 26.1. The van der Waals surface area contributed by atoms with Gasteiger partial charge in [0.05, 0.1) is 33.3 Å². The Kier molecular flexibility index (Phi) is 9.59. The lowest BCUT2D eigenvalue weighted by Crippen LogP contribution is -2.31. The normalized spacial score (nSPS) is 11.9. The van der Waals surface area contributed by atoms with E-state index in [-0.39, 0.29) is 27.7 Å². The first kappa shape index (κ1) is 33.5.